The topological polar surface area (TPSA) is 57.8 Å². The SMILES string of the molecule is CCSCCCNC(=O)c1ccc2nc[nH]c2c1. The van der Waals surface area contributed by atoms with E-state index in [1.807, 2.05) is 23.9 Å². The zero-order valence-corrected chi connectivity index (χ0v) is 11.2. The molecule has 96 valence electrons. The smallest absolute Gasteiger partial charge is 0.251 e. The van der Waals surface area contributed by atoms with Crippen LogP contribution in [0.1, 0.15) is 23.7 Å². The Hall–Kier alpha value is -1.49. The average molecular weight is 263 g/mol. The van der Waals surface area contributed by atoms with Gasteiger partial charge in [-0.2, -0.15) is 11.8 Å². The highest BCUT2D eigenvalue weighted by molar-refractivity contribution is 7.99. The van der Waals surface area contributed by atoms with Crippen LogP contribution < -0.4 is 5.32 Å². The lowest BCUT2D eigenvalue weighted by molar-refractivity contribution is 0.0954. The molecular formula is C13H17N3OS. The number of fused-ring (bicyclic) bond motifs is 1. The summed E-state index contributed by atoms with van der Waals surface area (Å²) in [5.74, 6) is 2.20. The highest BCUT2D eigenvalue weighted by Gasteiger charge is 2.06. The highest BCUT2D eigenvalue weighted by atomic mass is 32.2. The van der Waals surface area contributed by atoms with Gasteiger partial charge in [-0.05, 0) is 36.1 Å². The van der Waals surface area contributed by atoms with Gasteiger partial charge in [-0.3, -0.25) is 4.79 Å². The predicted octanol–water partition coefficient (Wildman–Crippen LogP) is 2.44. The van der Waals surface area contributed by atoms with Gasteiger partial charge in [0.2, 0.25) is 0 Å². The van der Waals surface area contributed by atoms with Crippen LogP contribution in [0.3, 0.4) is 0 Å². The van der Waals surface area contributed by atoms with Crippen molar-refractivity contribution in [1.29, 1.82) is 0 Å². The second kappa shape index (κ2) is 6.44. The van der Waals surface area contributed by atoms with Crippen molar-refractivity contribution >= 4 is 28.7 Å². The molecule has 1 heterocycles. The average Bonchev–Trinajstić information content (AvgIpc) is 2.85. The van der Waals surface area contributed by atoms with E-state index in [2.05, 4.69) is 22.2 Å². The number of carbonyl (C=O) groups excluding carboxylic acids is 1. The van der Waals surface area contributed by atoms with Crippen molar-refractivity contribution in [3.63, 3.8) is 0 Å². The summed E-state index contributed by atoms with van der Waals surface area (Å²) in [5, 5.41) is 2.93. The molecule has 4 nitrogen and oxygen atoms in total. The lowest BCUT2D eigenvalue weighted by atomic mass is 10.2. The number of benzene rings is 1. The third-order valence-electron chi connectivity index (χ3n) is 2.64. The predicted molar refractivity (Wildman–Crippen MR) is 76.0 cm³/mol. The van der Waals surface area contributed by atoms with Crippen LogP contribution in [-0.2, 0) is 0 Å². The minimum Gasteiger partial charge on any atom is -0.352 e. The van der Waals surface area contributed by atoms with Crippen molar-refractivity contribution in [2.24, 2.45) is 0 Å². The molecule has 0 saturated heterocycles. The van der Waals surface area contributed by atoms with Gasteiger partial charge < -0.3 is 10.3 Å². The molecule has 0 fully saturated rings. The fraction of sp³-hybridized carbons (Fsp3) is 0.385. The van der Waals surface area contributed by atoms with Gasteiger partial charge in [-0.1, -0.05) is 6.92 Å². The number of rotatable bonds is 6. The Balaban J connectivity index is 1.88. The van der Waals surface area contributed by atoms with Crippen LogP contribution in [0.5, 0.6) is 0 Å². The molecule has 0 aliphatic carbocycles. The number of H-pyrrole nitrogens is 1. The molecule has 0 aliphatic heterocycles. The molecule has 18 heavy (non-hydrogen) atoms. The second-order valence-corrected chi connectivity index (χ2v) is 5.33. The molecule has 0 spiro atoms. The van der Waals surface area contributed by atoms with Gasteiger partial charge in [0.05, 0.1) is 17.4 Å². The molecule has 0 radical (unpaired) electrons. The first-order chi connectivity index (χ1) is 8.81. The third-order valence-corrected chi connectivity index (χ3v) is 3.62. The van der Waals surface area contributed by atoms with Crippen LogP contribution in [0.4, 0.5) is 0 Å². The number of aromatic nitrogens is 2. The first kappa shape index (κ1) is 13.0. The summed E-state index contributed by atoms with van der Waals surface area (Å²) < 4.78 is 0. The molecule has 0 aliphatic rings. The quantitative estimate of drug-likeness (QED) is 0.787. The van der Waals surface area contributed by atoms with Crippen LogP contribution in [0.25, 0.3) is 11.0 Å². The molecule has 0 bridgehead atoms. The van der Waals surface area contributed by atoms with Crippen molar-refractivity contribution in [2.75, 3.05) is 18.1 Å². The fourth-order valence-electron chi connectivity index (χ4n) is 1.70. The number of imidazole rings is 1. The molecule has 2 aromatic rings. The van der Waals surface area contributed by atoms with E-state index in [0.29, 0.717) is 5.56 Å². The molecule has 0 unspecified atom stereocenters. The minimum absolute atomic E-state index is 0.0204. The van der Waals surface area contributed by atoms with Crippen molar-refractivity contribution in [3.8, 4) is 0 Å². The van der Waals surface area contributed by atoms with Crippen molar-refractivity contribution < 1.29 is 4.79 Å². The van der Waals surface area contributed by atoms with E-state index in [4.69, 9.17) is 0 Å². The van der Waals surface area contributed by atoms with E-state index in [-0.39, 0.29) is 5.91 Å². The lowest BCUT2D eigenvalue weighted by Gasteiger charge is -2.04. The van der Waals surface area contributed by atoms with Crippen molar-refractivity contribution in [3.05, 3.63) is 30.1 Å². The van der Waals surface area contributed by atoms with E-state index in [9.17, 15) is 4.79 Å². The number of aromatic amines is 1. The largest absolute Gasteiger partial charge is 0.352 e. The highest BCUT2D eigenvalue weighted by Crippen LogP contribution is 2.11. The lowest BCUT2D eigenvalue weighted by Crippen LogP contribution is -2.24. The first-order valence-corrected chi connectivity index (χ1v) is 7.26. The summed E-state index contributed by atoms with van der Waals surface area (Å²) in [6.07, 6.45) is 2.64. The Bertz CT molecular complexity index is 524. The third kappa shape index (κ3) is 3.26. The minimum atomic E-state index is -0.0204. The Kier molecular flexibility index (Phi) is 4.64. The number of carbonyl (C=O) groups is 1. The Labute approximate surface area is 111 Å². The number of hydrogen-bond acceptors (Lipinski definition) is 3. The molecule has 1 aromatic carbocycles. The van der Waals surface area contributed by atoms with Gasteiger partial charge in [-0.15, -0.1) is 0 Å². The van der Waals surface area contributed by atoms with E-state index < -0.39 is 0 Å². The second-order valence-electron chi connectivity index (χ2n) is 3.94. The van der Waals surface area contributed by atoms with Crippen molar-refractivity contribution in [1.82, 2.24) is 15.3 Å². The van der Waals surface area contributed by atoms with Crippen LogP contribution in [0.15, 0.2) is 24.5 Å². The standard InChI is InChI=1S/C13H17N3OS/c1-2-18-7-3-6-14-13(17)10-4-5-11-12(8-10)16-9-15-11/h4-5,8-9H,2-3,6-7H2,1H3,(H,14,17)(H,15,16). The Morgan fingerprint density at radius 2 is 2.39 bits per heavy atom. The normalized spacial score (nSPS) is 10.7. The number of nitrogens with one attached hydrogen (secondary N) is 2. The summed E-state index contributed by atoms with van der Waals surface area (Å²) in [7, 11) is 0. The molecule has 5 heteroatoms. The number of hydrogen-bond donors (Lipinski definition) is 2. The van der Waals surface area contributed by atoms with E-state index in [1.54, 1.807) is 12.4 Å². The Morgan fingerprint density at radius 3 is 3.22 bits per heavy atom. The summed E-state index contributed by atoms with van der Waals surface area (Å²) in [4.78, 5) is 19.0. The first-order valence-electron chi connectivity index (χ1n) is 6.10. The molecule has 2 rings (SSSR count). The van der Waals surface area contributed by atoms with Crippen LogP contribution in [-0.4, -0.2) is 33.9 Å². The molecule has 0 saturated carbocycles. The van der Waals surface area contributed by atoms with E-state index in [0.717, 1.165) is 35.5 Å². The van der Waals surface area contributed by atoms with Gasteiger partial charge in [-0.25, -0.2) is 4.98 Å². The Morgan fingerprint density at radius 1 is 1.50 bits per heavy atom. The van der Waals surface area contributed by atoms with Crippen LogP contribution in [0, 0.1) is 0 Å². The van der Waals surface area contributed by atoms with Gasteiger partial charge in [0.1, 0.15) is 0 Å². The monoisotopic (exact) mass is 263 g/mol. The maximum absolute atomic E-state index is 11.9. The summed E-state index contributed by atoms with van der Waals surface area (Å²) in [6.45, 7) is 2.87. The summed E-state index contributed by atoms with van der Waals surface area (Å²) in [6, 6.07) is 5.49. The molecule has 2 N–H and O–H groups in total. The zero-order chi connectivity index (χ0) is 12.8. The number of nitrogens with zero attached hydrogens (tertiary/aromatic N) is 1. The number of amides is 1. The fourth-order valence-corrected chi connectivity index (χ4v) is 2.34. The maximum atomic E-state index is 11.9. The van der Waals surface area contributed by atoms with Crippen LogP contribution >= 0.6 is 11.8 Å². The zero-order valence-electron chi connectivity index (χ0n) is 10.4. The number of thioether (sulfide) groups is 1. The van der Waals surface area contributed by atoms with E-state index >= 15 is 0 Å². The summed E-state index contributed by atoms with van der Waals surface area (Å²) in [5.41, 5.74) is 2.45. The molecule has 1 aromatic heterocycles. The molecular weight excluding hydrogens is 246 g/mol. The molecule has 1 amide bonds. The van der Waals surface area contributed by atoms with Gasteiger partial charge in [0.25, 0.3) is 5.91 Å². The maximum Gasteiger partial charge on any atom is 0.251 e. The van der Waals surface area contributed by atoms with Gasteiger partial charge >= 0.3 is 0 Å². The van der Waals surface area contributed by atoms with Gasteiger partial charge in [0.15, 0.2) is 0 Å². The molecule has 0 atom stereocenters. The van der Waals surface area contributed by atoms with Gasteiger partial charge in [0, 0.05) is 12.1 Å². The van der Waals surface area contributed by atoms with Crippen molar-refractivity contribution in [2.45, 2.75) is 13.3 Å². The van der Waals surface area contributed by atoms with E-state index in [1.165, 1.54) is 0 Å². The summed E-state index contributed by atoms with van der Waals surface area (Å²) >= 11 is 1.89. The van der Waals surface area contributed by atoms with Crippen LogP contribution in [0.2, 0.25) is 0 Å².